The van der Waals surface area contributed by atoms with E-state index >= 15 is 0 Å². The third-order valence-electron chi connectivity index (χ3n) is 3.57. The zero-order chi connectivity index (χ0) is 17.8. The summed E-state index contributed by atoms with van der Waals surface area (Å²) in [4.78, 5) is 33.0. The number of hydrogen-bond acceptors (Lipinski definition) is 8. The van der Waals surface area contributed by atoms with Crippen LogP contribution in [-0.2, 0) is 13.6 Å². The van der Waals surface area contributed by atoms with E-state index in [-0.39, 0.29) is 23.7 Å². The molecule has 2 N–H and O–H groups in total. The van der Waals surface area contributed by atoms with E-state index < -0.39 is 11.2 Å². The normalized spacial score (nSPS) is 11.0. The molecule has 0 aromatic carbocycles. The van der Waals surface area contributed by atoms with E-state index in [1.807, 2.05) is 6.07 Å². The summed E-state index contributed by atoms with van der Waals surface area (Å²) in [6.45, 7) is 0.980. The van der Waals surface area contributed by atoms with Crippen molar-refractivity contribution in [3.63, 3.8) is 0 Å². The standard InChI is InChI=1S/C15H17N7O3/c1-21-13(23)11-12(19-20-14(18-11)25-7-3-5-16)22(15(21)24)9-10-4-2-6-17-8-10/h2,4,6,8H,3,5,7,9,16H2,1H3. The highest BCUT2D eigenvalue weighted by Crippen LogP contribution is 2.08. The monoisotopic (exact) mass is 343 g/mol. The van der Waals surface area contributed by atoms with Crippen LogP contribution in [0.2, 0.25) is 0 Å². The van der Waals surface area contributed by atoms with Crippen molar-refractivity contribution in [3.8, 4) is 6.01 Å². The molecule has 0 aliphatic heterocycles. The van der Waals surface area contributed by atoms with Crippen molar-refractivity contribution in [1.82, 2.24) is 29.3 Å². The fraction of sp³-hybridized carbons (Fsp3) is 0.333. The highest BCUT2D eigenvalue weighted by atomic mass is 16.5. The molecule has 10 heteroatoms. The molecule has 3 aromatic heterocycles. The molecule has 0 saturated heterocycles. The number of hydrogen-bond donors (Lipinski definition) is 1. The maximum absolute atomic E-state index is 12.5. The van der Waals surface area contributed by atoms with Crippen LogP contribution in [0.4, 0.5) is 0 Å². The lowest BCUT2D eigenvalue weighted by Crippen LogP contribution is -2.39. The summed E-state index contributed by atoms with van der Waals surface area (Å²) >= 11 is 0. The van der Waals surface area contributed by atoms with Crippen molar-refractivity contribution in [2.45, 2.75) is 13.0 Å². The van der Waals surface area contributed by atoms with Crippen LogP contribution in [0.3, 0.4) is 0 Å². The molecular formula is C15H17N7O3. The Kier molecular flexibility index (Phi) is 4.80. The summed E-state index contributed by atoms with van der Waals surface area (Å²) in [5, 5.41) is 7.82. The van der Waals surface area contributed by atoms with Gasteiger partial charge < -0.3 is 10.5 Å². The number of nitrogens with zero attached hydrogens (tertiary/aromatic N) is 6. The lowest BCUT2D eigenvalue weighted by Gasteiger charge is -2.11. The molecule has 0 aliphatic rings. The average molecular weight is 343 g/mol. The van der Waals surface area contributed by atoms with Gasteiger partial charge in [-0.2, -0.15) is 4.98 Å². The lowest BCUT2D eigenvalue weighted by atomic mass is 10.3. The minimum atomic E-state index is -0.555. The second-order valence-corrected chi connectivity index (χ2v) is 5.35. The minimum absolute atomic E-state index is 0.0174. The van der Waals surface area contributed by atoms with Crippen molar-refractivity contribution < 1.29 is 4.74 Å². The Hall–Kier alpha value is -3.14. The number of nitrogens with two attached hydrogens (primary N) is 1. The van der Waals surface area contributed by atoms with E-state index in [0.717, 1.165) is 10.1 Å². The highest BCUT2D eigenvalue weighted by Gasteiger charge is 2.16. The first-order valence-electron chi connectivity index (χ1n) is 7.68. The van der Waals surface area contributed by atoms with E-state index in [0.29, 0.717) is 19.6 Å². The van der Waals surface area contributed by atoms with Crippen LogP contribution in [0.15, 0.2) is 34.1 Å². The molecule has 0 spiro atoms. The second-order valence-electron chi connectivity index (χ2n) is 5.35. The summed E-state index contributed by atoms with van der Waals surface area (Å²) < 4.78 is 7.64. The van der Waals surface area contributed by atoms with E-state index in [2.05, 4.69) is 20.2 Å². The Morgan fingerprint density at radius 2 is 2.12 bits per heavy atom. The number of pyridine rings is 1. The predicted molar refractivity (Wildman–Crippen MR) is 89.3 cm³/mol. The predicted octanol–water partition coefficient (Wildman–Crippen LogP) is -0.944. The van der Waals surface area contributed by atoms with E-state index in [4.69, 9.17) is 10.5 Å². The van der Waals surface area contributed by atoms with E-state index in [1.54, 1.807) is 18.5 Å². The largest absolute Gasteiger partial charge is 0.462 e. The Morgan fingerprint density at radius 3 is 2.84 bits per heavy atom. The first kappa shape index (κ1) is 16.7. The maximum Gasteiger partial charge on any atom is 0.336 e. The zero-order valence-corrected chi connectivity index (χ0v) is 13.6. The Balaban J connectivity index is 2.10. The summed E-state index contributed by atoms with van der Waals surface area (Å²) in [5.41, 5.74) is 5.25. The Bertz CT molecular complexity index is 998. The maximum atomic E-state index is 12.5. The molecule has 0 saturated carbocycles. The van der Waals surface area contributed by atoms with Gasteiger partial charge in [0, 0.05) is 19.4 Å². The Morgan fingerprint density at radius 1 is 1.28 bits per heavy atom. The third-order valence-corrected chi connectivity index (χ3v) is 3.57. The third kappa shape index (κ3) is 3.38. The van der Waals surface area contributed by atoms with Crippen LogP contribution >= 0.6 is 0 Å². The molecule has 130 valence electrons. The van der Waals surface area contributed by atoms with Crippen LogP contribution in [-0.4, -0.2) is 42.5 Å². The average Bonchev–Trinajstić information content (AvgIpc) is 2.64. The van der Waals surface area contributed by atoms with Crippen LogP contribution in [0, 0.1) is 0 Å². The van der Waals surface area contributed by atoms with Gasteiger partial charge in [-0.3, -0.25) is 18.9 Å². The summed E-state index contributed by atoms with van der Waals surface area (Å²) in [7, 11) is 1.39. The number of aromatic nitrogens is 6. The van der Waals surface area contributed by atoms with Gasteiger partial charge in [-0.25, -0.2) is 4.79 Å². The topological polar surface area (TPSA) is 131 Å². The van der Waals surface area contributed by atoms with Gasteiger partial charge in [-0.05, 0) is 24.6 Å². The summed E-state index contributed by atoms with van der Waals surface area (Å²) in [5.74, 6) is 0. The van der Waals surface area contributed by atoms with Crippen molar-refractivity contribution in [2.75, 3.05) is 13.2 Å². The number of fused-ring (bicyclic) bond motifs is 1. The fourth-order valence-corrected chi connectivity index (χ4v) is 2.27. The van der Waals surface area contributed by atoms with Crippen molar-refractivity contribution in [2.24, 2.45) is 12.8 Å². The molecule has 0 fully saturated rings. The quantitative estimate of drug-likeness (QED) is 0.567. The Labute approximate surface area is 141 Å². The molecule has 0 aliphatic carbocycles. The second kappa shape index (κ2) is 7.18. The van der Waals surface area contributed by atoms with Crippen molar-refractivity contribution in [1.29, 1.82) is 0 Å². The molecule has 3 heterocycles. The lowest BCUT2D eigenvalue weighted by molar-refractivity contribution is 0.286. The van der Waals surface area contributed by atoms with Crippen LogP contribution in [0.5, 0.6) is 6.01 Å². The van der Waals surface area contributed by atoms with Gasteiger partial charge in [-0.1, -0.05) is 11.2 Å². The smallest absolute Gasteiger partial charge is 0.336 e. The molecule has 0 atom stereocenters. The first-order chi connectivity index (χ1) is 12.1. The molecule has 0 bridgehead atoms. The van der Waals surface area contributed by atoms with Crippen molar-refractivity contribution in [3.05, 3.63) is 50.9 Å². The number of rotatable bonds is 6. The molecule has 0 unspecified atom stereocenters. The van der Waals surface area contributed by atoms with Gasteiger partial charge in [0.05, 0.1) is 13.2 Å². The van der Waals surface area contributed by atoms with Crippen LogP contribution in [0.25, 0.3) is 11.2 Å². The minimum Gasteiger partial charge on any atom is -0.462 e. The van der Waals surface area contributed by atoms with E-state index in [9.17, 15) is 9.59 Å². The van der Waals surface area contributed by atoms with Gasteiger partial charge in [-0.15, -0.1) is 5.10 Å². The molecule has 3 aromatic rings. The molecular weight excluding hydrogens is 326 g/mol. The van der Waals surface area contributed by atoms with Crippen LogP contribution < -0.4 is 21.7 Å². The summed E-state index contributed by atoms with van der Waals surface area (Å²) in [6, 6.07) is 3.56. The van der Waals surface area contributed by atoms with Gasteiger partial charge in [0.1, 0.15) is 0 Å². The fourth-order valence-electron chi connectivity index (χ4n) is 2.27. The summed E-state index contributed by atoms with van der Waals surface area (Å²) in [6.07, 6.45) is 3.89. The number of ether oxygens (including phenoxy) is 1. The molecule has 25 heavy (non-hydrogen) atoms. The SMILES string of the molecule is Cn1c(=O)c2nc(OCCCN)nnc2n(Cc2cccnc2)c1=O. The molecule has 0 radical (unpaired) electrons. The van der Waals surface area contributed by atoms with Gasteiger partial charge in [0.25, 0.3) is 5.56 Å². The van der Waals surface area contributed by atoms with Crippen molar-refractivity contribution >= 4 is 11.2 Å². The molecule has 10 nitrogen and oxygen atoms in total. The van der Waals surface area contributed by atoms with Crippen LogP contribution in [0.1, 0.15) is 12.0 Å². The van der Waals surface area contributed by atoms with Gasteiger partial charge in [0.15, 0.2) is 11.2 Å². The molecule has 0 amide bonds. The van der Waals surface area contributed by atoms with Gasteiger partial charge in [0.2, 0.25) is 0 Å². The van der Waals surface area contributed by atoms with Gasteiger partial charge >= 0.3 is 11.7 Å². The first-order valence-corrected chi connectivity index (χ1v) is 7.68. The highest BCUT2D eigenvalue weighted by molar-refractivity contribution is 5.68. The van der Waals surface area contributed by atoms with E-state index in [1.165, 1.54) is 11.6 Å². The molecule has 3 rings (SSSR count). The zero-order valence-electron chi connectivity index (χ0n) is 13.6.